The van der Waals surface area contributed by atoms with Gasteiger partial charge in [0, 0.05) is 30.5 Å². The molecule has 1 aliphatic heterocycles. The van der Waals surface area contributed by atoms with Crippen LogP contribution in [0.25, 0.3) is 22.0 Å². The topological polar surface area (TPSA) is 87.9 Å². The molecule has 1 saturated heterocycles. The summed E-state index contributed by atoms with van der Waals surface area (Å²) in [5.41, 5.74) is 2.32. The molecule has 0 radical (unpaired) electrons. The Morgan fingerprint density at radius 3 is 3.14 bits per heavy atom. The molecule has 1 atom stereocenters. The molecule has 0 saturated carbocycles. The minimum absolute atomic E-state index is 0.0294. The van der Waals surface area contributed by atoms with Crippen molar-refractivity contribution < 1.29 is 9.32 Å². The monoisotopic (exact) mass is 425 g/mol. The minimum Gasteiger partial charge on any atom is -0.339 e. The number of nitrogens with one attached hydrogen (secondary N) is 1. The normalized spacial score (nSPS) is 17.0. The number of amides is 1. The third-order valence-electron chi connectivity index (χ3n) is 5.10. The van der Waals surface area contributed by atoms with Crippen molar-refractivity contribution in [2.45, 2.75) is 19.3 Å². The lowest BCUT2D eigenvalue weighted by Crippen LogP contribution is -2.40. The number of H-pyrrole nitrogens is 1. The van der Waals surface area contributed by atoms with Crippen molar-refractivity contribution in [1.29, 1.82) is 0 Å². The second-order valence-electron chi connectivity index (χ2n) is 7.13. The fraction of sp³-hybridized carbons (Fsp3) is 0.300. The first-order valence-corrected chi connectivity index (χ1v) is 11.3. The molecule has 0 spiro atoms. The van der Waals surface area contributed by atoms with Crippen LogP contribution < -0.4 is 0 Å². The zero-order valence-corrected chi connectivity index (χ0v) is 17.2. The van der Waals surface area contributed by atoms with Crippen LogP contribution in [-0.2, 0) is 6.42 Å². The van der Waals surface area contributed by atoms with E-state index in [2.05, 4.69) is 20.3 Å². The lowest BCUT2D eigenvalue weighted by molar-refractivity contribution is 0.0662. The van der Waals surface area contributed by atoms with Gasteiger partial charge >= 0.3 is 0 Å². The predicted octanol–water partition coefficient (Wildman–Crippen LogP) is 4.34. The van der Waals surface area contributed by atoms with Crippen molar-refractivity contribution in [3.63, 3.8) is 0 Å². The fourth-order valence-corrected chi connectivity index (χ4v) is 4.99. The maximum atomic E-state index is 12.9. The third-order valence-corrected chi connectivity index (χ3v) is 6.69. The van der Waals surface area contributed by atoms with Gasteiger partial charge in [-0.05, 0) is 47.7 Å². The first-order chi connectivity index (χ1) is 14.3. The quantitative estimate of drug-likeness (QED) is 0.514. The fourth-order valence-electron chi connectivity index (χ4n) is 3.66. The van der Waals surface area contributed by atoms with E-state index in [-0.39, 0.29) is 5.91 Å². The number of carbonyl (C=O) groups excluding carboxylic acids is 1. The van der Waals surface area contributed by atoms with Crippen LogP contribution in [0.3, 0.4) is 0 Å². The molecule has 0 unspecified atom stereocenters. The highest BCUT2D eigenvalue weighted by Crippen LogP contribution is 2.26. The molecule has 0 aromatic carbocycles. The Kier molecular flexibility index (Phi) is 4.99. The molecule has 7 nitrogen and oxygen atoms in total. The highest BCUT2D eigenvalue weighted by molar-refractivity contribution is 7.13. The molecule has 29 heavy (non-hydrogen) atoms. The van der Waals surface area contributed by atoms with Crippen molar-refractivity contribution in [2.75, 3.05) is 13.1 Å². The minimum atomic E-state index is -0.0294. The molecule has 9 heteroatoms. The summed E-state index contributed by atoms with van der Waals surface area (Å²) in [6.07, 6.45) is 2.69. The second kappa shape index (κ2) is 7.92. The molecule has 1 aliphatic rings. The smallest absolute Gasteiger partial charge is 0.274 e. The molecule has 5 heterocycles. The van der Waals surface area contributed by atoms with Crippen LogP contribution >= 0.6 is 22.7 Å². The van der Waals surface area contributed by atoms with E-state index in [9.17, 15) is 4.79 Å². The summed E-state index contributed by atoms with van der Waals surface area (Å²) in [6.45, 7) is 1.43. The van der Waals surface area contributed by atoms with Crippen LogP contribution in [0.4, 0.5) is 0 Å². The molecule has 0 bridgehead atoms. The van der Waals surface area contributed by atoms with Crippen molar-refractivity contribution >= 4 is 28.6 Å². The van der Waals surface area contributed by atoms with E-state index < -0.39 is 0 Å². The standard InChI is InChI=1S/C20H19N5O2S2/c26-20(16-10-15(22-23-16)17-4-2-7-29-17)25-6-1-3-13(11-25)9-18-21-19(24-27-18)14-5-8-28-12-14/h2,4-5,7-8,10,12-13H,1,3,6,9,11H2,(H,22,23)/t13-/m0/s1. The Bertz CT molecular complexity index is 1080. The Morgan fingerprint density at radius 2 is 2.31 bits per heavy atom. The average molecular weight is 426 g/mol. The summed E-state index contributed by atoms with van der Waals surface area (Å²) in [5.74, 6) is 1.53. The van der Waals surface area contributed by atoms with Crippen LogP contribution in [0.2, 0.25) is 0 Å². The zero-order valence-electron chi connectivity index (χ0n) is 15.6. The van der Waals surface area contributed by atoms with E-state index in [0.29, 0.717) is 36.3 Å². The number of aromatic amines is 1. The molecule has 4 aromatic heterocycles. The van der Waals surface area contributed by atoms with Crippen molar-refractivity contribution in [1.82, 2.24) is 25.2 Å². The van der Waals surface area contributed by atoms with Crippen molar-refractivity contribution in [2.24, 2.45) is 5.92 Å². The van der Waals surface area contributed by atoms with Crippen LogP contribution in [0.1, 0.15) is 29.2 Å². The van der Waals surface area contributed by atoms with E-state index in [1.54, 1.807) is 22.7 Å². The molecule has 1 fully saturated rings. The maximum absolute atomic E-state index is 12.9. The molecule has 148 valence electrons. The Morgan fingerprint density at radius 1 is 1.34 bits per heavy atom. The van der Waals surface area contributed by atoms with E-state index >= 15 is 0 Å². The first kappa shape index (κ1) is 18.3. The van der Waals surface area contributed by atoms with Gasteiger partial charge in [-0.25, -0.2) is 0 Å². The van der Waals surface area contributed by atoms with Gasteiger partial charge in [-0.15, -0.1) is 11.3 Å². The number of thiophene rings is 2. The lowest BCUT2D eigenvalue weighted by Gasteiger charge is -2.31. The Hall–Kier alpha value is -2.78. The summed E-state index contributed by atoms with van der Waals surface area (Å²) in [4.78, 5) is 20.4. The summed E-state index contributed by atoms with van der Waals surface area (Å²) < 4.78 is 5.44. The first-order valence-electron chi connectivity index (χ1n) is 9.50. The number of carbonyl (C=O) groups is 1. The number of piperidine rings is 1. The third kappa shape index (κ3) is 3.88. The maximum Gasteiger partial charge on any atom is 0.274 e. The van der Waals surface area contributed by atoms with E-state index in [1.807, 2.05) is 45.3 Å². The van der Waals surface area contributed by atoms with Gasteiger partial charge in [-0.2, -0.15) is 21.4 Å². The molecule has 5 rings (SSSR count). The largest absolute Gasteiger partial charge is 0.339 e. The highest BCUT2D eigenvalue weighted by Gasteiger charge is 2.27. The summed E-state index contributed by atoms with van der Waals surface area (Å²) >= 11 is 3.23. The van der Waals surface area contributed by atoms with Gasteiger partial charge < -0.3 is 9.42 Å². The van der Waals surface area contributed by atoms with Gasteiger partial charge in [-0.3, -0.25) is 9.89 Å². The number of likely N-dealkylation sites (tertiary alicyclic amines) is 1. The van der Waals surface area contributed by atoms with E-state index in [4.69, 9.17) is 4.52 Å². The van der Waals surface area contributed by atoms with Gasteiger partial charge in [0.05, 0.1) is 10.6 Å². The van der Waals surface area contributed by atoms with E-state index in [0.717, 1.165) is 35.5 Å². The highest BCUT2D eigenvalue weighted by atomic mass is 32.1. The zero-order chi connectivity index (χ0) is 19.6. The molecular formula is C20H19N5O2S2. The van der Waals surface area contributed by atoms with Crippen molar-refractivity contribution in [3.05, 3.63) is 52.0 Å². The summed E-state index contributed by atoms with van der Waals surface area (Å²) in [5, 5.41) is 17.3. The van der Waals surface area contributed by atoms with Crippen LogP contribution in [0.15, 0.2) is 44.9 Å². The van der Waals surface area contributed by atoms with Gasteiger partial charge in [-0.1, -0.05) is 11.2 Å². The molecular weight excluding hydrogens is 406 g/mol. The summed E-state index contributed by atoms with van der Waals surface area (Å²) in [7, 11) is 0. The van der Waals surface area contributed by atoms with E-state index in [1.165, 1.54) is 0 Å². The van der Waals surface area contributed by atoms with Crippen LogP contribution in [-0.4, -0.2) is 44.2 Å². The number of aromatic nitrogens is 4. The van der Waals surface area contributed by atoms with Gasteiger partial charge in [0.25, 0.3) is 5.91 Å². The predicted molar refractivity (Wildman–Crippen MR) is 112 cm³/mol. The number of hydrogen-bond acceptors (Lipinski definition) is 7. The van der Waals surface area contributed by atoms with Gasteiger partial charge in [0.1, 0.15) is 0 Å². The number of rotatable bonds is 5. The molecule has 4 aromatic rings. The van der Waals surface area contributed by atoms with Gasteiger partial charge in [0.2, 0.25) is 11.7 Å². The Balaban J connectivity index is 1.24. The summed E-state index contributed by atoms with van der Waals surface area (Å²) in [6, 6.07) is 7.81. The number of nitrogens with zero attached hydrogens (tertiary/aromatic N) is 4. The average Bonchev–Trinajstić information content (AvgIpc) is 3.54. The van der Waals surface area contributed by atoms with Crippen LogP contribution in [0.5, 0.6) is 0 Å². The molecule has 0 aliphatic carbocycles. The number of hydrogen-bond donors (Lipinski definition) is 1. The lowest BCUT2D eigenvalue weighted by atomic mass is 9.94. The molecule has 1 N–H and O–H groups in total. The Labute approximate surface area is 175 Å². The second-order valence-corrected chi connectivity index (χ2v) is 8.86. The van der Waals surface area contributed by atoms with Crippen molar-refractivity contribution in [3.8, 4) is 22.0 Å². The van der Waals surface area contributed by atoms with Crippen LogP contribution in [0, 0.1) is 5.92 Å². The van der Waals surface area contributed by atoms with Gasteiger partial charge in [0.15, 0.2) is 5.69 Å². The SMILES string of the molecule is O=C(c1cc(-c2cccs2)[nH]n1)N1CCC[C@@H](Cc2nc(-c3ccsc3)no2)C1. The molecule has 1 amide bonds.